The van der Waals surface area contributed by atoms with E-state index < -0.39 is 0 Å². The van der Waals surface area contributed by atoms with E-state index in [1.54, 1.807) is 22.8 Å². The molecular weight excluding hydrogens is 382 g/mol. The predicted molar refractivity (Wildman–Crippen MR) is 116 cm³/mol. The SMILES string of the molecule is CN(Cc1ccccc1Cl)C(=O)c1cn(-c2ccccc2)nc1-c1ccccc1. The van der Waals surface area contributed by atoms with Gasteiger partial charge in [-0.25, -0.2) is 4.68 Å². The largest absolute Gasteiger partial charge is 0.337 e. The second-order valence-electron chi connectivity index (χ2n) is 6.79. The molecule has 4 nitrogen and oxygen atoms in total. The molecule has 0 bridgehead atoms. The summed E-state index contributed by atoms with van der Waals surface area (Å²) in [6, 6.07) is 27.1. The molecule has 0 radical (unpaired) electrons. The fourth-order valence-electron chi connectivity index (χ4n) is 3.21. The lowest BCUT2D eigenvalue weighted by atomic mass is 10.1. The Labute approximate surface area is 175 Å². The average Bonchev–Trinajstić information content (AvgIpc) is 3.21. The minimum atomic E-state index is -0.106. The molecule has 3 aromatic carbocycles. The summed E-state index contributed by atoms with van der Waals surface area (Å²) < 4.78 is 1.75. The van der Waals surface area contributed by atoms with Gasteiger partial charge in [-0.2, -0.15) is 5.10 Å². The minimum Gasteiger partial charge on any atom is -0.337 e. The molecule has 0 aliphatic carbocycles. The highest BCUT2D eigenvalue weighted by molar-refractivity contribution is 6.31. The second kappa shape index (κ2) is 8.33. The molecule has 1 amide bonds. The van der Waals surface area contributed by atoms with Gasteiger partial charge in [-0.05, 0) is 23.8 Å². The maximum atomic E-state index is 13.3. The number of carbonyl (C=O) groups is 1. The third-order valence-corrected chi connectivity index (χ3v) is 5.09. The zero-order valence-electron chi connectivity index (χ0n) is 16.0. The predicted octanol–water partition coefficient (Wildman–Crippen LogP) is 5.46. The van der Waals surface area contributed by atoms with E-state index >= 15 is 0 Å². The van der Waals surface area contributed by atoms with Crippen LogP contribution in [0.25, 0.3) is 16.9 Å². The van der Waals surface area contributed by atoms with Crippen LogP contribution >= 0.6 is 11.6 Å². The van der Waals surface area contributed by atoms with Gasteiger partial charge in [-0.1, -0.05) is 78.3 Å². The van der Waals surface area contributed by atoms with Crippen LogP contribution in [0, 0.1) is 0 Å². The van der Waals surface area contributed by atoms with Gasteiger partial charge in [0.2, 0.25) is 0 Å². The Balaban J connectivity index is 1.72. The summed E-state index contributed by atoms with van der Waals surface area (Å²) in [5.41, 5.74) is 3.91. The normalized spacial score (nSPS) is 10.7. The van der Waals surface area contributed by atoms with Crippen LogP contribution in [0.4, 0.5) is 0 Å². The number of nitrogens with zero attached hydrogens (tertiary/aromatic N) is 3. The van der Waals surface area contributed by atoms with Crippen molar-refractivity contribution in [2.45, 2.75) is 6.54 Å². The van der Waals surface area contributed by atoms with Crippen LogP contribution in [0.15, 0.2) is 91.1 Å². The van der Waals surface area contributed by atoms with Crippen molar-refractivity contribution in [3.8, 4) is 16.9 Å². The molecule has 0 aliphatic heterocycles. The quantitative estimate of drug-likeness (QED) is 0.445. The molecule has 0 aliphatic rings. The van der Waals surface area contributed by atoms with Crippen molar-refractivity contribution in [1.29, 1.82) is 0 Å². The number of hydrogen-bond acceptors (Lipinski definition) is 2. The fourth-order valence-corrected chi connectivity index (χ4v) is 3.41. The number of aromatic nitrogens is 2. The summed E-state index contributed by atoms with van der Waals surface area (Å²) in [5, 5.41) is 5.37. The van der Waals surface area contributed by atoms with Crippen molar-refractivity contribution in [2.75, 3.05) is 7.05 Å². The van der Waals surface area contributed by atoms with E-state index in [-0.39, 0.29) is 5.91 Å². The highest BCUT2D eigenvalue weighted by Gasteiger charge is 2.22. The van der Waals surface area contributed by atoms with Crippen LogP contribution in [0.1, 0.15) is 15.9 Å². The number of hydrogen-bond donors (Lipinski definition) is 0. The van der Waals surface area contributed by atoms with Crippen LogP contribution < -0.4 is 0 Å². The van der Waals surface area contributed by atoms with E-state index in [9.17, 15) is 4.79 Å². The number of carbonyl (C=O) groups excluding carboxylic acids is 1. The van der Waals surface area contributed by atoms with Crippen molar-refractivity contribution < 1.29 is 4.79 Å². The molecule has 29 heavy (non-hydrogen) atoms. The van der Waals surface area contributed by atoms with Crippen LogP contribution in [-0.2, 0) is 6.54 Å². The van der Waals surface area contributed by atoms with E-state index in [2.05, 4.69) is 0 Å². The highest BCUT2D eigenvalue weighted by atomic mass is 35.5. The Bertz CT molecular complexity index is 1120. The number of amides is 1. The Morgan fingerprint density at radius 1 is 0.931 bits per heavy atom. The number of para-hydroxylation sites is 1. The molecular formula is C24H20ClN3O. The molecule has 0 N–H and O–H groups in total. The molecule has 0 fully saturated rings. The van der Waals surface area contributed by atoms with Crippen molar-refractivity contribution in [2.24, 2.45) is 0 Å². The summed E-state index contributed by atoms with van der Waals surface area (Å²) in [6.07, 6.45) is 1.79. The lowest BCUT2D eigenvalue weighted by Crippen LogP contribution is -2.26. The van der Waals surface area contributed by atoms with Gasteiger partial charge in [-0.15, -0.1) is 0 Å². The molecule has 4 aromatic rings. The Morgan fingerprint density at radius 3 is 2.24 bits per heavy atom. The maximum Gasteiger partial charge on any atom is 0.257 e. The molecule has 0 saturated heterocycles. The summed E-state index contributed by atoms with van der Waals surface area (Å²) in [6.45, 7) is 0.420. The summed E-state index contributed by atoms with van der Waals surface area (Å²) in [7, 11) is 1.78. The molecule has 144 valence electrons. The van der Waals surface area contributed by atoms with Gasteiger partial charge in [0.15, 0.2) is 0 Å². The van der Waals surface area contributed by atoms with Crippen LogP contribution in [0.5, 0.6) is 0 Å². The van der Waals surface area contributed by atoms with Gasteiger partial charge in [0, 0.05) is 30.4 Å². The molecule has 0 atom stereocenters. The van der Waals surface area contributed by atoms with Crippen LogP contribution in [0.2, 0.25) is 5.02 Å². The summed E-state index contributed by atoms with van der Waals surface area (Å²) in [4.78, 5) is 15.0. The van der Waals surface area contributed by atoms with Crippen LogP contribution in [0.3, 0.4) is 0 Å². The van der Waals surface area contributed by atoms with Crippen molar-refractivity contribution >= 4 is 17.5 Å². The standard InChI is InChI=1S/C24H20ClN3O/c1-27(16-19-12-8-9-15-22(19)25)24(29)21-17-28(20-13-6-3-7-14-20)26-23(21)18-10-4-2-5-11-18/h2-15,17H,16H2,1H3. The summed E-state index contributed by atoms with van der Waals surface area (Å²) >= 11 is 6.28. The second-order valence-corrected chi connectivity index (χ2v) is 7.20. The van der Waals surface area contributed by atoms with Gasteiger partial charge in [0.25, 0.3) is 5.91 Å². The minimum absolute atomic E-state index is 0.106. The van der Waals surface area contributed by atoms with E-state index in [1.807, 2.05) is 84.9 Å². The van der Waals surface area contributed by atoms with Crippen molar-refractivity contribution in [1.82, 2.24) is 14.7 Å². The average molecular weight is 402 g/mol. The Morgan fingerprint density at radius 2 is 1.55 bits per heavy atom. The van der Waals surface area contributed by atoms with Crippen molar-refractivity contribution in [3.63, 3.8) is 0 Å². The lowest BCUT2D eigenvalue weighted by molar-refractivity contribution is 0.0786. The maximum absolute atomic E-state index is 13.3. The first-order chi connectivity index (χ1) is 14.1. The van der Waals surface area contributed by atoms with E-state index in [0.29, 0.717) is 22.8 Å². The zero-order valence-corrected chi connectivity index (χ0v) is 16.8. The Hall–Kier alpha value is -3.37. The lowest BCUT2D eigenvalue weighted by Gasteiger charge is -2.18. The molecule has 5 heteroatoms. The van der Waals surface area contributed by atoms with Gasteiger partial charge in [-0.3, -0.25) is 4.79 Å². The topological polar surface area (TPSA) is 38.1 Å². The van der Waals surface area contributed by atoms with E-state index in [0.717, 1.165) is 16.8 Å². The number of benzene rings is 3. The molecule has 1 heterocycles. The van der Waals surface area contributed by atoms with Crippen molar-refractivity contribution in [3.05, 3.63) is 107 Å². The molecule has 0 spiro atoms. The third-order valence-electron chi connectivity index (χ3n) is 4.72. The highest BCUT2D eigenvalue weighted by Crippen LogP contribution is 2.25. The summed E-state index contributed by atoms with van der Waals surface area (Å²) in [5.74, 6) is -0.106. The van der Waals surface area contributed by atoms with E-state index in [1.165, 1.54) is 0 Å². The van der Waals surface area contributed by atoms with Gasteiger partial charge in [0.1, 0.15) is 5.69 Å². The zero-order chi connectivity index (χ0) is 20.2. The number of halogens is 1. The smallest absolute Gasteiger partial charge is 0.257 e. The van der Waals surface area contributed by atoms with Gasteiger partial charge < -0.3 is 4.90 Å². The van der Waals surface area contributed by atoms with Gasteiger partial charge in [0.05, 0.1) is 11.3 Å². The molecule has 0 unspecified atom stereocenters. The monoisotopic (exact) mass is 401 g/mol. The molecule has 4 rings (SSSR count). The fraction of sp³-hybridized carbons (Fsp3) is 0.0833. The molecule has 0 saturated carbocycles. The third kappa shape index (κ3) is 4.08. The first-order valence-corrected chi connectivity index (χ1v) is 9.70. The van der Waals surface area contributed by atoms with E-state index in [4.69, 9.17) is 16.7 Å². The molecule has 1 aromatic heterocycles. The Kier molecular flexibility index (Phi) is 5.45. The first-order valence-electron chi connectivity index (χ1n) is 9.33. The van der Waals surface area contributed by atoms with Crippen LogP contribution in [-0.4, -0.2) is 27.6 Å². The number of rotatable bonds is 5. The van der Waals surface area contributed by atoms with Gasteiger partial charge >= 0.3 is 0 Å². The first kappa shape index (κ1) is 19.0.